The second-order valence-corrected chi connectivity index (χ2v) is 7.40. The Bertz CT molecular complexity index is 422. The van der Waals surface area contributed by atoms with Crippen LogP contribution in [0.2, 0.25) is 0 Å². The van der Waals surface area contributed by atoms with Gasteiger partial charge in [0.2, 0.25) is 0 Å². The lowest BCUT2D eigenvalue weighted by atomic mass is 10.1. The van der Waals surface area contributed by atoms with Gasteiger partial charge in [-0.05, 0) is 24.0 Å². The first-order valence-corrected chi connectivity index (χ1v) is 8.11. The van der Waals surface area contributed by atoms with Gasteiger partial charge in [-0.1, -0.05) is 67.6 Å². The summed E-state index contributed by atoms with van der Waals surface area (Å²) in [6.07, 6.45) is 2.13. The Balaban J connectivity index is 1.80. The predicted molar refractivity (Wildman–Crippen MR) is 90.1 cm³/mol. The third-order valence-electron chi connectivity index (χ3n) is 3.01. The number of thiol groups is 1. The molecule has 2 rings (SSSR count). The van der Waals surface area contributed by atoms with Gasteiger partial charge in [-0.3, -0.25) is 0 Å². The molecule has 0 aromatic heterocycles. The van der Waals surface area contributed by atoms with Crippen molar-refractivity contribution < 1.29 is 0 Å². The van der Waals surface area contributed by atoms with Crippen molar-refractivity contribution in [3.05, 3.63) is 71.8 Å². The van der Waals surface area contributed by atoms with Crippen molar-refractivity contribution in [3.8, 4) is 0 Å². The molecular weight excluding hydrogens is 268 g/mol. The monoisotopic (exact) mass is 288 g/mol. The average Bonchev–Trinajstić information content (AvgIpc) is 2.40. The molecule has 0 aliphatic rings. The van der Waals surface area contributed by atoms with E-state index in [0.717, 1.165) is 12.8 Å². The molecule has 0 heterocycles. The minimum Gasteiger partial charge on any atom is -0.165 e. The second kappa shape index (κ2) is 7.66. The molecule has 2 heteroatoms. The molecule has 0 saturated carbocycles. The molecule has 0 aliphatic carbocycles. The van der Waals surface area contributed by atoms with Gasteiger partial charge in [0.25, 0.3) is 0 Å². The van der Waals surface area contributed by atoms with Crippen LogP contribution in [0.3, 0.4) is 0 Å². The second-order valence-electron chi connectivity index (χ2n) is 4.78. The average molecular weight is 288 g/mol. The van der Waals surface area contributed by atoms with E-state index >= 15 is 0 Å². The Morgan fingerprint density at radius 3 is 1.84 bits per heavy atom. The lowest BCUT2D eigenvalue weighted by Gasteiger charge is -2.16. The first kappa shape index (κ1) is 14.5. The molecule has 0 amide bonds. The molecule has 2 atom stereocenters. The van der Waals surface area contributed by atoms with Crippen molar-refractivity contribution >= 4 is 24.4 Å². The zero-order valence-corrected chi connectivity index (χ0v) is 12.9. The van der Waals surface area contributed by atoms with E-state index in [2.05, 4.69) is 67.6 Å². The molecule has 0 N–H and O–H groups in total. The molecular formula is C17H20S2. The topological polar surface area (TPSA) is 0 Å². The van der Waals surface area contributed by atoms with Gasteiger partial charge in [-0.15, -0.1) is 11.8 Å². The normalized spacial score (nSPS) is 14.0. The molecule has 2 aromatic carbocycles. The molecule has 0 radical (unpaired) electrons. The third-order valence-corrected chi connectivity index (χ3v) is 4.67. The van der Waals surface area contributed by atoms with Gasteiger partial charge < -0.3 is 0 Å². The van der Waals surface area contributed by atoms with Gasteiger partial charge in [0.15, 0.2) is 0 Å². The summed E-state index contributed by atoms with van der Waals surface area (Å²) in [7, 11) is 0. The molecule has 19 heavy (non-hydrogen) atoms. The summed E-state index contributed by atoms with van der Waals surface area (Å²) in [5.41, 5.74) is 2.77. The van der Waals surface area contributed by atoms with E-state index in [1.165, 1.54) is 11.1 Å². The molecule has 0 nitrogen and oxygen atoms in total. The molecule has 100 valence electrons. The predicted octanol–water partition coefficient (Wildman–Crippen LogP) is 4.85. The summed E-state index contributed by atoms with van der Waals surface area (Å²) in [5, 5.41) is 0.591. The third kappa shape index (κ3) is 5.33. The van der Waals surface area contributed by atoms with Crippen LogP contribution in [0.15, 0.2) is 60.7 Å². The fourth-order valence-electron chi connectivity index (χ4n) is 2.13. The Kier molecular flexibility index (Phi) is 5.87. The number of rotatable bonds is 6. The summed E-state index contributed by atoms with van der Waals surface area (Å²) in [6, 6.07) is 21.3. The Hall–Kier alpha value is -0.860. The van der Waals surface area contributed by atoms with E-state index < -0.39 is 0 Å². The van der Waals surface area contributed by atoms with Crippen LogP contribution in [0, 0.1) is 0 Å². The number of hydrogen-bond donors (Lipinski definition) is 1. The fraction of sp³-hybridized carbons (Fsp3) is 0.294. The van der Waals surface area contributed by atoms with Crippen LogP contribution in [0.5, 0.6) is 0 Å². The molecule has 0 aliphatic heterocycles. The van der Waals surface area contributed by atoms with Gasteiger partial charge in [-0.25, -0.2) is 0 Å². The van der Waals surface area contributed by atoms with Gasteiger partial charge >= 0.3 is 0 Å². The molecule has 0 bridgehead atoms. The van der Waals surface area contributed by atoms with E-state index in [-0.39, 0.29) is 0 Å². The van der Waals surface area contributed by atoms with Crippen molar-refractivity contribution in [1.82, 2.24) is 0 Å². The van der Waals surface area contributed by atoms with Gasteiger partial charge in [-0.2, -0.15) is 12.6 Å². The Morgan fingerprint density at radius 2 is 1.32 bits per heavy atom. The first-order valence-electron chi connectivity index (χ1n) is 6.65. The number of hydrogen-bond acceptors (Lipinski definition) is 2. The van der Waals surface area contributed by atoms with Crippen molar-refractivity contribution in [3.63, 3.8) is 0 Å². The van der Waals surface area contributed by atoms with Crippen LogP contribution < -0.4 is 0 Å². The van der Waals surface area contributed by atoms with Crippen molar-refractivity contribution in [2.75, 3.05) is 0 Å². The van der Waals surface area contributed by atoms with Gasteiger partial charge in [0.1, 0.15) is 0 Å². The van der Waals surface area contributed by atoms with Crippen LogP contribution in [-0.4, -0.2) is 9.83 Å². The van der Waals surface area contributed by atoms with E-state index in [0.29, 0.717) is 9.83 Å². The highest BCUT2D eigenvalue weighted by atomic mass is 32.2. The number of benzene rings is 2. The SMILES string of the molecule is C[C@H](Cc1ccccc1)S[C@@H](S)Cc1ccccc1. The fourth-order valence-corrected chi connectivity index (χ4v) is 4.07. The smallest absolute Gasteiger partial charge is 0.0515 e. The summed E-state index contributed by atoms with van der Waals surface area (Å²) < 4.78 is 0.362. The summed E-state index contributed by atoms with van der Waals surface area (Å²) in [5.74, 6) is 0. The van der Waals surface area contributed by atoms with Gasteiger partial charge in [0.05, 0.1) is 4.58 Å². The maximum Gasteiger partial charge on any atom is 0.0515 e. The van der Waals surface area contributed by atoms with Crippen LogP contribution in [-0.2, 0) is 12.8 Å². The molecule has 2 aromatic rings. The van der Waals surface area contributed by atoms with E-state index in [1.54, 1.807) is 0 Å². The summed E-state index contributed by atoms with van der Waals surface area (Å²) >= 11 is 6.66. The molecule has 0 spiro atoms. The standard InChI is InChI=1S/C17H20S2/c1-14(12-15-8-4-2-5-9-15)19-17(18)13-16-10-6-3-7-11-16/h2-11,14,17-18H,12-13H2,1H3/t14-,17-/m1/s1. The summed E-state index contributed by atoms with van der Waals surface area (Å²) in [4.78, 5) is 0. The zero-order valence-electron chi connectivity index (χ0n) is 11.2. The van der Waals surface area contributed by atoms with Crippen molar-refractivity contribution in [2.45, 2.75) is 29.6 Å². The van der Waals surface area contributed by atoms with Crippen LogP contribution in [0.25, 0.3) is 0 Å². The zero-order chi connectivity index (χ0) is 13.5. The van der Waals surface area contributed by atoms with Gasteiger partial charge in [0, 0.05) is 5.25 Å². The van der Waals surface area contributed by atoms with Crippen LogP contribution in [0.4, 0.5) is 0 Å². The maximum absolute atomic E-state index is 4.71. The maximum atomic E-state index is 4.71. The van der Waals surface area contributed by atoms with Crippen LogP contribution in [0.1, 0.15) is 18.1 Å². The minimum absolute atomic E-state index is 0.362. The largest absolute Gasteiger partial charge is 0.165 e. The lowest BCUT2D eigenvalue weighted by molar-refractivity contribution is 0.935. The highest BCUT2D eigenvalue weighted by molar-refractivity contribution is 8.10. The van der Waals surface area contributed by atoms with Crippen LogP contribution >= 0.6 is 24.4 Å². The minimum atomic E-state index is 0.362. The Labute approximate surface area is 126 Å². The molecule has 0 fully saturated rings. The van der Waals surface area contributed by atoms with E-state index in [1.807, 2.05) is 11.8 Å². The number of thioether (sulfide) groups is 1. The molecule has 0 unspecified atom stereocenters. The first-order chi connectivity index (χ1) is 9.24. The van der Waals surface area contributed by atoms with Crippen molar-refractivity contribution in [2.24, 2.45) is 0 Å². The quantitative estimate of drug-likeness (QED) is 0.585. The van der Waals surface area contributed by atoms with E-state index in [4.69, 9.17) is 12.6 Å². The highest BCUT2D eigenvalue weighted by Gasteiger charge is 2.11. The highest BCUT2D eigenvalue weighted by Crippen LogP contribution is 2.26. The lowest BCUT2D eigenvalue weighted by Crippen LogP contribution is -2.08. The molecule has 0 saturated heterocycles. The Morgan fingerprint density at radius 1 is 0.842 bits per heavy atom. The van der Waals surface area contributed by atoms with Crippen molar-refractivity contribution in [1.29, 1.82) is 0 Å². The van der Waals surface area contributed by atoms with E-state index in [9.17, 15) is 0 Å². The summed E-state index contributed by atoms with van der Waals surface area (Å²) in [6.45, 7) is 2.28.